The lowest BCUT2D eigenvalue weighted by atomic mass is 10.2. The summed E-state index contributed by atoms with van der Waals surface area (Å²) in [7, 11) is -3.48. The second kappa shape index (κ2) is 12.4. The first-order valence-electron chi connectivity index (χ1n) is 8.88. The second-order valence-electron chi connectivity index (χ2n) is 5.64. The third kappa shape index (κ3) is 9.52. The Morgan fingerprint density at radius 1 is 1.07 bits per heavy atom. The van der Waals surface area contributed by atoms with Gasteiger partial charge in [-0.05, 0) is 25.5 Å². The number of amides is 1. The van der Waals surface area contributed by atoms with Gasteiger partial charge < -0.3 is 18.7 Å². The van der Waals surface area contributed by atoms with Crippen molar-refractivity contribution in [3.63, 3.8) is 0 Å². The van der Waals surface area contributed by atoms with E-state index in [0.717, 1.165) is 5.56 Å². The Morgan fingerprint density at radius 3 is 2.26 bits per heavy atom. The molecule has 0 radical (unpaired) electrons. The Kier molecular flexibility index (Phi) is 10.6. The van der Waals surface area contributed by atoms with Crippen LogP contribution in [0.1, 0.15) is 26.3 Å². The molecule has 0 aliphatic heterocycles. The average molecular weight is 397 g/mol. The van der Waals surface area contributed by atoms with Gasteiger partial charge in [0.1, 0.15) is 12.8 Å². The lowest BCUT2D eigenvalue weighted by Crippen LogP contribution is -2.33. The van der Waals surface area contributed by atoms with Gasteiger partial charge >= 0.3 is 13.6 Å². The van der Waals surface area contributed by atoms with Crippen molar-refractivity contribution < 1.29 is 27.9 Å². The summed E-state index contributed by atoms with van der Waals surface area (Å²) in [6.07, 6.45) is 3.08. The maximum atomic E-state index is 12.8. The summed E-state index contributed by atoms with van der Waals surface area (Å²) in [5.74, 6) is -0.701. The number of hydrogen-bond donors (Lipinski definition) is 0. The van der Waals surface area contributed by atoms with Crippen molar-refractivity contribution >= 4 is 19.5 Å². The molecule has 1 rings (SSSR count). The van der Waals surface area contributed by atoms with Crippen molar-refractivity contribution in [3.05, 3.63) is 48.0 Å². The molecule has 0 aromatic heterocycles. The van der Waals surface area contributed by atoms with Gasteiger partial charge in [0.25, 0.3) is 0 Å². The number of hydrogen-bond acceptors (Lipinski definition) is 6. The molecule has 0 N–H and O–H groups in total. The monoisotopic (exact) mass is 397 g/mol. The van der Waals surface area contributed by atoms with Crippen LogP contribution in [0.5, 0.6) is 0 Å². The molecule has 0 heterocycles. The maximum Gasteiger partial charge on any atom is 0.340 e. The van der Waals surface area contributed by atoms with E-state index in [2.05, 4.69) is 0 Å². The predicted octanol–water partition coefficient (Wildman–Crippen LogP) is 3.40. The van der Waals surface area contributed by atoms with E-state index in [0.29, 0.717) is 6.54 Å². The number of rotatable bonds is 12. The van der Waals surface area contributed by atoms with Crippen molar-refractivity contribution in [2.24, 2.45) is 0 Å². The van der Waals surface area contributed by atoms with E-state index in [1.165, 1.54) is 6.92 Å². The second-order valence-corrected chi connectivity index (χ2v) is 7.69. The van der Waals surface area contributed by atoms with Crippen molar-refractivity contribution in [2.75, 3.05) is 32.5 Å². The van der Waals surface area contributed by atoms with Gasteiger partial charge in [-0.1, -0.05) is 36.4 Å². The summed E-state index contributed by atoms with van der Waals surface area (Å²) in [5, 5.41) is 0. The zero-order chi connectivity index (χ0) is 20.1. The number of carbonyl (C=O) groups excluding carboxylic acids is 2. The lowest BCUT2D eigenvalue weighted by Gasteiger charge is -2.24. The van der Waals surface area contributed by atoms with Crippen molar-refractivity contribution in [2.45, 2.75) is 27.3 Å². The van der Waals surface area contributed by atoms with E-state index in [9.17, 15) is 14.2 Å². The summed E-state index contributed by atoms with van der Waals surface area (Å²) >= 11 is 0. The van der Waals surface area contributed by atoms with Crippen LogP contribution in [0.3, 0.4) is 0 Å². The highest BCUT2D eigenvalue weighted by Gasteiger charge is 2.30. The molecule has 8 heteroatoms. The van der Waals surface area contributed by atoms with E-state index in [-0.39, 0.29) is 44.4 Å². The van der Waals surface area contributed by atoms with Crippen LogP contribution >= 0.6 is 7.60 Å². The molecule has 150 valence electrons. The van der Waals surface area contributed by atoms with Gasteiger partial charge in [0.2, 0.25) is 5.91 Å². The molecule has 1 aromatic rings. The third-order valence-corrected chi connectivity index (χ3v) is 5.39. The first kappa shape index (κ1) is 23.1. The lowest BCUT2D eigenvalue weighted by molar-refractivity contribution is -0.139. The van der Waals surface area contributed by atoms with Crippen molar-refractivity contribution in [1.82, 2.24) is 4.90 Å². The number of esters is 1. The molecule has 0 aliphatic rings. The topological polar surface area (TPSA) is 82.1 Å². The fourth-order valence-corrected chi connectivity index (χ4v) is 3.86. The van der Waals surface area contributed by atoms with Crippen LogP contribution in [-0.2, 0) is 34.5 Å². The van der Waals surface area contributed by atoms with Crippen LogP contribution in [-0.4, -0.2) is 49.3 Å². The van der Waals surface area contributed by atoms with Gasteiger partial charge in [0.05, 0.1) is 13.2 Å². The van der Waals surface area contributed by atoms with Crippen LogP contribution in [0.2, 0.25) is 0 Å². The standard InChI is InChI=1S/C19H28NO6P/c1-4-25-27(23,26-5-2)16-19(22)20(13-9-10-14-24-17(3)21)15-18-11-7-6-8-12-18/h6-12H,4-5,13-16H2,1-3H3/b10-9-. The van der Waals surface area contributed by atoms with E-state index in [1.54, 1.807) is 30.9 Å². The minimum atomic E-state index is -3.48. The molecule has 1 amide bonds. The molecule has 0 saturated carbocycles. The molecular formula is C19H28NO6P. The quantitative estimate of drug-likeness (QED) is 0.305. The van der Waals surface area contributed by atoms with Gasteiger partial charge in [-0.2, -0.15) is 0 Å². The van der Waals surface area contributed by atoms with Gasteiger partial charge in [-0.25, -0.2) is 0 Å². The van der Waals surface area contributed by atoms with E-state index < -0.39 is 7.60 Å². The summed E-state index contributed by atoms with van der Waals surface area (Å²) < 4.78 is 27.9. The summed E-state index contributed by atoms with van der Waals surface area (Å²) in [4.78, 5) is 25.1. The van der Waals surface area contributed by atoms with E-state index in [1.807, 2.05) is 30.3 Å². The molecule has 0 unspecified atom stereocenters. The summed E-state index contributed by atoms with van der Waals surface area (Å²) in [5.41, 5.74) is 0.946. The van der Waals surface area contributed by atoms with Crippen LogP contribution in [0.4, 0.5) is 0 Å². The Hall–Kier alpha value is -1.95. The van der Waals surface area contributed by atoms with Crippen LogP contribution in [0.25, 0.3) is 0 Å². The summed E-state index contributed by atoms with van der Waals surface area (Å²) in [6, 6.07) is 9.49. The molecule has 0 atom stereocenters. The molecule has 1 aromatic carbocycles. The van der Waals surface area contributed by atoms with E-state index in [4.69, 9.17) is 13.8 Å². The highest BCUT2D eigenvalue weighted by molar-refractivity contribution is 7.54. The number of benzene rings is 1. The van der Waals surface area contributed by atoms with Crippen LogP contribution < -0.4 is 0 Å². The number of nitrogens with zero attached hydrogens (tertiary/aromatic N) is 1. The molecule has 0 aliphatic carbocycles. The van der Waals surface area contributed by atoms with Crippen LogP contribution in [0.15, 0.2) is 42.5 Å². The molecule has 7 nitrogen and oxygen atoms in total. The first-order chi connectivity index (χ1) is 12.9. The molecular weight excluding hydrogens is 369 g/mol. The molecule has 27 heavy (non-hydrogen) atoms. The zero-order valence-electron chi connectivity index (χ0n) is 16.1. The Balaban J connectivity index is 2.83. The van der Waals surface area contributed by atoms with Gasteiger partial charge in [0, 0.05) is 20.0 Å². The van der Waals surface area contributed by atoms with Gasteiger partial charge in [-0.15, -0.1) is 0 Å². The van der Waals surface area contributed by atoms with E-state index >= 15 is 0 Å². The predicted molar refractivity (Wildman–Crippen MR) is 103 cm³/mol. The number of ether oxygens (including phenoxy) is 1. The molecule has 0 fully saturated rings. The Bertz CT molecular complexity index is 651. The smallest absolute Gasteiger partial charge is 0.340 e. The number of carbonyl (C=O) groups is 2. The maximum absolute atomic E-state index is 12.8. The summed E-state index contributed by atoms with van der Waals surface area (Å²) in [6.45, 7) is 5.92. The highest BCUT2D eigenvalue weighted by atomic mass is 31.2. The minimum absolute atomic E-state index is 0.138. The van der Waals surface area contributed by atoms with Gasteiger partial charge in [-0.3, -0.25) is 14.2 Å². The molecule has 0 spiro atoms. The molecule has 0 bridgehead atoms. The van der Waals surface area contributed by atoms with Crippen LogP contribution in [0, 0.1) is 0 Å². The fraction of sp³-hybridized carbons (Fsp3) is 0.474. The first-order valence-corrected chi connectivity index (χ1v) is 10.6. The zero-order valence-corrected chi connectivity index (χ0v) is 17.0. The third-order valence-electron chi connectivity index (χ3n) is 3.42. The van der Waals surface area contributed by atoms with Gasteiger partial charge in [0.15, 0.2) is 0 Å². The Labute approximate surface area is 160 Å². The minimum Gasteiger partial charge on any atom is -0.462 e. The molecule has 0 saturated heterocycles. The SMILES string of the molecule is CCOP(=O)(CC(=O)N(C/C=C\COC(C)=O)Cc1ccccc1)OCC. The Morgan fingerprint density at radius 2 is 1.70 bits per heavy atom. The highest BCUT2D eigenvalue weighted by Crippen LogP contribution is 2.48. The normalized spacial score (nSPS) is 11.5. The average Bonchev–Trinajstić information content (AvgIpc) is 2.61. The largest absolute Gasteiger partial charge is 0.462 e. The van der Waals surface area contributed by atoms with Crippen molar-refractivity contribution in [3.8, 4) is 0 Å². The van der Waals surface area contributed by atoms with Crippen molar-refractivity contribution in [1.29, 1.82) is 0 Å². The fourth-order valence-electron chi connectivity index (χ4n) is 2.28.